The molecular formula is C10H18NO+. The first kappa shape index (κ1) is 9.33. The van der Waals surface area contributed by atoms with E-state index in [4.69, 9.17) is 4.42 Å². The molecule has 0 aliphatic heterocycles. The second kappa shape index (κ2) is 3.31. The molecule has 0 bridgehead atoms. The van der Waals surface area contributed by atoms with E-state index in [1.54, 1.807) is 0 Å². The molecule has 0 spiro atoms. The van der Waals surface area contributed by atoms with Gasteiger partial charge < -0.3 is 8.90 Å². The predicted octanol–water partition coefficient (Wildman–Crippen LogP) is 1.84. The average molecular weight is 168 g/mol. The first-order chi connectivity index (χ1) is 5.47. The quantitative estimate of drug-likeness (QED) is 0.628. The van der Waals surface area contributed by atoms with Crippen LogP contribution < -0.4 is 0 Å². The van der Waals surface area contributed by atoms with Crippen LogP contribution >= 0.6 is 0 Å². The van der Waals surface area contributed by atoms with Crippen LogP contribution in [0.5, 0.6) is 0 Å². The third-order valence-electron chi connectivity index (χ3n) is 1.81. The van der Waals surface area contributed by atoms with E-state index in [2.05, 4.69) is 34.1 Å². The van der Waals surface area contributed by atoms with E-state index in [1.807, 2.05) is 6.26 Å². The van der Waals surface area contributed by atoms with Gasteiger partial charge in [-0.05, 0) is 18.6 Å². The van der Waals surface area contributed by atoms with E-state index in [0.717, 1.165) is 23.2 Å². The maximum absolute atomic E-state index is 5.35. The highest BCUT2D eigenvalue weighted by Gasteiger charge is 2.08. The molecule has 0 unspecified atom stereocenters. The molecule has 0 saturated heterocycles. The Morgan fingerprint density at radius 2 is 2.00 bits per heavy atom. The summed E-state index contributed by atoms with van der Waals surface area (Å²) < 4.78 is 6.34. The fraction of sp³-hybridized carbons (Fsp3) is 0.600. The lowest BCUT2D eigenvalue weighted by Crippen LogP contribution is -2.36. The molecule has 2 heteroatoms. The highest BCUT2D eigenvalue weighted by atomic mass is 16.3. The summed E-state index contributed by atoms with van der Waals surface area (Å²) in [6.07, 6.45) is 2.84. The van der Waals surface area contributed by atoms with Crippen molar-refractivity contribution in [3.63, 3.8) is 0 Å². The van der Waals surface area contributed by atoms with Crippen LogP contribution in [0.15, 0.2) is 16.7 Å². The van der Waals surface area contributed by atoms with E-state index in [1.165, 1.54) is 5.56 Å². The molecule has 0 aliphatic carbocycles. The Balaban J connectivity index is 2.44. The predicted molar refractivity (Wildman–Crippen MR) is 50.0 cm³/mol. The van der Waals surface area contributed by atoms with E-state index in [-0.39, 0.29) is 0 Å². The summed E-state index contributed by atoms with van der Waals surface area (Å²) in [5.74, 6) is 1.10. The highest BCUT2D eigenvalue weighted by molar-refractivity contribution is 5.10. The Morgan fingerprint density at radius 3 is 2.42 bits per heavy atom. The SMILES string of the molecule is Cc1coc(CC[N+](C)(C)C)c1. The van der Waals surface area contributed by atoms with Crippen molar-refractivity contribution in [2.75, 3.05) is 27.7 Å². The molecule has 0 saturated carbocycles. The lowest BCUT2D eigenvalue weighted by molar-refractivity contribution is -0.870. The van der Waals surface area contributed by atoms with Crippen molar-refractivity contribution in [3.05, 3.63) is 23.7 Å². The smallest absolute Gasteiger partial charge is 0.109 e. The number of hydrogen-bond acceptors (Lipinski definition) is 1. The maximum atomic E-state index is 5.35. The fourth-order valence-corrected chi connectivity index (χ4v) is 1.07. The molecule has 1 rings (SSSR count). The average Bonchev–Trinajstić information content (AvgIpc) is 2.30. The third-order valence-corrected chi connectivity index (χ3v) is 1.81. The molecule has 12 heavy (non-hydrogen) atoms. The zero-order valence-electron chi connectivity index (χ0n) is 8.42. The van der Waals surface area contributed by atoms with Gasteiger partial charge in [0.1, 0.15) is 5.76 Å². The van der Waals surface area contributed by atoms with Gasteiger partial charge in [0.25, 0.3) is 0 Å². The minimum absolute atomic E-state index is 0.986. The topological polar surface area (TPSA) is 13.1 Å². The lowest BCUT2D eigenvalue weighted by Gasteiger charge is -2.22. The number of furan rings is 1. The Bertz CT molecular complexity index is 245. The molecule has 68 valence electrons. The minimum atomic E-state index is 0.986. The Hall–Kier alpha value is -0.760. The number of quaternary nitrogens is 1. The monoisotopic (exact) mass is 168 g/mol. The van der Waals surface area contributed by atoms with Crippen LogP contribution in [0.4, 0.5) is 0 Å². The summed E-state index contributed by atoms with van der Waals surface area (Å²) >= 11 is 0. The summed E-state index contributed by atoms with van der Waals surface area (Å²) in [4.78, 5) is 0. The van der Waals surface area contributed by atoms with Gasteiger partial charge in [-0.2, -0.15) is 0 Å². The molecule has 0 fully saturated rings. The van der Waals surface area contributed by atoms with Crippen molar-refractivity contribution in [1.82, 2.24) is 0 Å². The van der Waals surface area contributed by atoms with E-state index < -0.39 is 0 Å². The zero-order valence-corrected chi connectivity index (χ0v) is 8.42. The number of aryl methyl sites for hydroxylation is 1. The number of nitrogens with zero attached hydrogens (tertiary/aromatic N) is 1. The third kappa shape index (κ3) is 3.09. The molecule has 0 radical (unpaired) electrons. The molecular weight excluding hydrogens is 150 g/mol. The van der Waals surface area contributed by atoms with E-state index in [9.17, 15) is 0 Å². The van der Waals surface area contributed by atoms with Crippen LogP contribution in [-0.2, 0) is 6.42 Å². The summed E-state index contributed by atoms with van der Waals surface area (Å²) in [7, 11) is 6.57. The van der Waals surface area contributed by atoms with Crippen LogP contribution in [0.2, 0.25) is 0 Å². The molecule has 0 atom stereocenters. The summed E-state index contributed by atoms with van der Waals surface area (Å²) in [5, 5.41) is 0. The van der Waals surface area contributed by atoms with Crippen molar-refractivity contribution in [1.29, 1.82) is 0 Å². The normalized spacial score (nSPS) is 12.0. The Morgan fingerprint density at radius 1 is 1.33 bits per heavy atom. The molecule has 0 aliphatic rings. The van der Waals surface area contributed by atoms with Crippen LogP contribution in [0.1, 0.15) is 11.3 Å². The number of hydrogen-bond donors (Lipinski definition) is 0. The van der Waals surface area contributed by atoms with Crippen molar-refractivity contribution in [2.24, 2.45) is 0 Å². The molecule has 1 heterocycles. The molecule has 2 nitrogen and oxygen atoms in total. The fourth-order valence-electron chi connectivity index (χ4n) is 1.07. The summed E-state index contributed by atoms with van der Waals surface area (Å²) in [5.41, 5.74) is 1.21. The van der Waals surface area contributed by atoms with Crippen molar-refractivity contribution in [2.45, 2.75) is 13.3 Å². The van der Waals surface area contributed by atoms with Gasteiger partial charge in [0, 0.05) is 0 Å². The second-order valence-corrected chi connectivity index (χ2v) is 4.35. The maximum Gasteiger partial charge on any atom is 0.109 e. The van der Waals surface area contributed by atoms with Gasteiger partial charge in [-0.3, -0.25) is 0 Å². The van der Waals surface area contributed by atoms with E-state index >= 15 is 0 Å². The van der Waals surface area contributed by atoms with E-state index in [0.29, 0.717) is 0 Å². The van der Waals surface area contributed by atoms with Gasteiger partial charge in [0.2, 0.25) is 0 Å². The molecule has 0 aromatic carbocycles. The highest BCUT2D eigenvalue weighted by Crippen LogP contribution is 2.08. The van der Waals surface area contributed by atoms with Gasteiger partial charge in [-0.25, -0.2) is 0 Å². The molecule has 1 aromatic heterocycles. The van der Waals surface area contributed by atoms with Gasteiger partial charge in [0.15, 0.2) is 0 Å². The van der Waals surface area contributed by atoms with Crippen LogP contribution in [0, 0.1) is 6.92 Å². The largest absolute Gasteiger partial charge is 0.469 e. The second-order valence-electron chi connectivity index (χ2n) is 4.35. The minimum Gasteiger partial charge on any atom is -0.469 e. The van der Waals surface area contributed by atoms with Gasteiger partial charge in [0.05, 0.1) is 40.4 Å². The number of likely N-dealkylation sites (N-methyl/N-ethyl adjacent to an activating group) is 1. The van der Waals surface area contributed by atoms with Crippen LogP contribution in [-0.4, -0.2) is 32.2 Å². The zero-order chi connectivity index (χ0) is 9.19. The Kier molecular flexibility index (Phi) is 2.58. The molecule has 0 amide bonds. The molecule has 0 N–H and O–H groups in total. The van der Waals surface area contributed by atoms with Crippen molar-refractivity contribution >= 4 is 0 Å². The van der Waals surface area contributed by atoms with Crippen molar-refractivity contribution in [3.8, 4) is 0 Å². The first-order valence-electron chi connectivity index (χ1n) is 4.32. The lowest BCUT2D eigenvalue weighted by atomic mass is 10.2. The van der Waals surface area contributed by atoms with Gasteiger partial charge in [-0.1, -0.05) is 0 Å². The van der Waals surface area contributed by atoms with Crippen LogP contribution in [0.3, 0.4) is 0 Å². The molecule has 1 aromatic rings. The first-order valence-corrected chi connectivity index (χ1v) is 4.32. The number of rotatable bonds is 3. The van der Waals surface area contributed by atoms with Gasteiger partial charge >= 0.3 is 0 Å². The van der Waals surface area contributed by atoms with Crippen LogP contribution in [0.25, 0.3) is 0 Å². The standard InChI is InChI=1S/C10H18NO/c1-9-7-10(12-8-9)5-6-11(2,3)4/h7-8H,5-6H2,1-4H3/q+1. The van der Waals surface area contributed by atoms with Crippen molar-refractivity contribution < 1.29 is 8.90 Å². The van der Waals surface area contributed by atoms with Gasteiger partial charge in [-0.15, -0.1) is 0 Å². The summed E-state index contributed by atoms with van der Waals surface area (Å²) in [6, 6.07) is 2.11. The Labute approximate surface area is 74.4 Å². The summed E-state index contributed by atoms with van der Waals surface area (Å²) in [6.45, 7) is 3.17.